The zero-order valence-corrected chi connectivity index (χ0v) is 19.2. The van der Waals surface area contributed by atoms with E-state index in [1.165, 1.54) is 25.7 Å². The van der Waals surface area contributed by atoms with Crippen molar-refractivity contribution in [2.24, 2.45) is 23.7 Å². The maximum Gasteiger partial charge on any atom is 0.162 e. The van der Waals surface area contributed by atoms with Crippen LogP contribution in [0.25, 0.3) is 44.8 Å². The van der Waals surface area contributed by atoms with Crippen LogP contribution in [0.15, 0.2) is 59.5 Å². The van der Waals surface area contributed by atoms with E-state index in [2.05, 4.69) is 40.1 Å². The summed E-state index contributed by atoms with van der Waals surface area (Å²) in [5.41, 5.74) is 4.51. The second-order valence-corrected chi connectivity index (χ2v) is 10.1. The van der Waals surface area contributed by atoms with Gasteiger partial charge >= 0.3 is 0 Å². The SMILES string of the molecule is C[C@H]1C2CCC(CC2)[C@@H]1Cc1cc(-c2cc3ccccc3o2)nc(-c2c[nH]c3ncncc23)n1. The number of rotatable bonds is 4. The number of para-hydroxylation sites is 1. The average molecular weight is 450 g/mol. The molecule has 0 radical (unpaired) electrons. The molecule has 34 heavy (non-hydrogen) atoms. The van der Waals surface area contributed by atoms with Crippen LogP contribution >= 0.6 is 0 Å². The highest BCUT2D eigenvalue weighted by Gasteiger charge is 2.41. The Morgan fingerprint density at radius 1 is 1.03 bits per heavy atom. The fraction of sp³-hybridized carbons (Fsp3) is 0.357. The van der Waals surface area contributed by atoms with E-state index >= 15 is 0 Å². The number of benzene rings is 1. The summed E-state index contributed by atoms with van der Waals surface area (Å²) in [5, 5.41) is 2.01. The van der Waals surface area contributed by atoms with Crippen LogP contribution in [0, 0.1) is 23.7 Å². The van der Waals surface area contributed by atoms with Crippen molar-refractivity contribution >= 4 is 22.0 Å². The monoisotopic (exact) mass is 449 g/mol. The fourth-order valence-electron chi connectivity index (χ4n) is 6.47. The van der Waals surface area contributed by atoms with E-state index in [0.717, 1.165) is 68.9 Å². The molecule has 170 valence electrons. The smallest absolute Gasteiger partial charge is 0.162 e. The second kappa shape index (κ2) is 7.76. The Balaban J connectivity index is 1.35. The van der Waals surface area contributed by atoms with Gasteiger partial charge in [0.2, 0.25) is 0 Å². The normalized spacial score (nSPS) is 24.3. The van der Waals surface area contributed by atoms with E-state index in [0.29, 0.717) is 11.7 Å². The van der Waals surface area contributed by atoms with Crippen LogP contribution in [0.4, 0.5) is 0 Å². The number of nitrogens with zero attached hydrogens (tertiary/aromatic N) is 4. The Bertz CT molecular complexity index is 1460. The molecule has 0 spiro atoms. The molecule has 0 aliphatic heterocycles. The minimum atomic E-state index is 0.685. The highest BCUT2D eigenvalue weighted by Crippen LogP contribution is 2.49. The minimum Gasteiger partial charge on any atom is -0.454 e. The van der Waals surface area contributed by atoms with Crippen molar-refractivity contribution in [2.75, 3.05) is 0 Å². The number of hydrogen-bond acceptors (Lipinski definition) is 5. The Morgan fingerprint density at radius 2 is 1.88 bits per heavy atom. The average Bonchev–Trinajstić information content (AvgIpc) is 3.51. The van der Waals surface area contributed by atoms with Gasteiger partial charge in [-0.2, -0.15) is 0 Å². The summed E-state index contributed by atoms with van der Waals surface area (Å²) in [6.07, 6.45) is 11.8. The van der Waals surface area contributed by atoms with E-state index < -0.39 is 0 Å². The minimum absolute atomic E-state index is 0.685. The lowest BCUT2D eigenvalue weighted by Gasteiger charge is -2.47. The number of aromatic nitrogens is 5. The molecule has 2 bridgehead atoms. The van der Waals surface area contributed by atoms with Gasteiger partial charge < -0.3 is 9.40 Å². The maximum atomic E-state index is 6.21. The van der Waals surface area contributed by atoms with Crippen molar-refractivity contribution in [2.45, 2.75) is 39.0 Å². The molecule has 5 aromatic rings. The zero-order chi connectivity index (χ0) is 22.6. The number of H-pyrrole nitrogens is 1. The molecule has 1 N–H and O–H groups in total. The van der Waals surface area contributed by atoms with Gasteiger partial charge in [0.25, 0.3) is 0 Å². The van der Waals surface area contributed by atoms with Gasteiger partial charge in [-0.25, -0.2) is 19.9 Å². The summed E-state index contributed by atoms with van der Waals surface area (Å²) in [7, 11) is 0. The molecule has 3 aliphatic carbocycles. The molecule has 0 saturated heterocycles. The van der Waals surface area contributed by atoms with Gasteiger partial charge in [0.05, 0.1) is 0 Å². The molecule has 0 amide bonds. The molecule has 6 nitrogen and oxygen atoms in total. The van der Waals surface area contributed by atoms with Gasteiger partial charge in [-0.3, -0.25) is 0 Å². The standard InChI is InChI=1S/C28H27N5O/c1-16-17-6-8-18(9-7-17)21(16)11-20-12-24(26-10-19-4-2-3-5-25(19)34-26)33-28(32-20)23-14-30-27-22(23)13-29-15-31-27/h2-5,10,12-18,21H,6-9,11H2,1H3,(H,29,30,31)/t16-,17?,18?,21+/m0/s1. The summed E-state index contributed by atoms with van der Waals surface area (Å²) in [6, 6.07) is 12.3. The first-order valence-corrected chi connectivity index (χ1v) is 12.4. The van der Waals surface area contributed by atoms with Crippen LogP contribution in [0.3, 0.4) is 0 Å². The molecule has 4 heterocycles. The highest BCUT2D eigenvalue weighted by atomic mass is 16.3. The van der Waals surface area contributed by atoms with Crippen LogP contribution < -0.4 is 0 Å². The molecular weight excluding hydrogens is 422 g/mol. The molecule has 6 heteroatoms. The Morgan fingerprint density at radius 3 is 2.74 bits per heavy atom. The van der Waals surface area contributed by atoms with Crippen molar-refractivity contribution in [1.29, 1.82) is 0 Å². The molecular formula is C28H27N5O. The zero-order valence-electron chi connectivity index (χ0n) is 19.2. The van der Waals surface area contributed by atoms with Gasteiger partial charge in [0, 0.05) is 34.4 Å². The molecule has 3 aliphatic rings. The lowest BCUT2D eigenvalue weighted by Crippen LogP contribution is -2.39. The van der Waals surface area contributed by atoms with E-state index in [-0.39, 0.29) is 0 Å². The third kappa shape index (κ3) is 3.23. The molecule has 8 rings (SSSR count). The van der Waals surface area contributed by atoms with Crippen molar-refractivity contribution < 1.29 is 4.42 Å². The van der Waals surface area contributed by atoms with Gasteiger partial charge in [0.15, 0.2) is 11.6 Å². The third-order valence-electron chi connectivity index (χ3n) is 8.34. The van der Waals surface area contributed by atoms with Crippen LogP contribution in [0.2, 0.25) is 0 Å². The Hall–Kier alpha value is -3.54. The van der Waals surface area contributed by atoms with E-state index in [1.54, 1.807) is 6.33 Å². The van der Waals surface area contributed by atoms with Gasteiger partial charge in [-0.05, 0) is 74.0 Å². The molecule has 3 fully saturated rings. The summed E-state index contributed by atoms with van der Waals surface area (Å²) < 4.78 is 6.21. The van der Waals surface area contributed by atoms with Crippen LogP contribution in [-0.4, -0.2) is 24.9 Å². The third-order valence-corrected chi connectivity index (χ3v) is 8.34. The summed E-state index contributed by atoms with van der Waals surface area (Å²) in [6.45, 7) is 2.46. The number of nitrogens with one attached hydrogen (secondary N) is 1. The number of fused-ring (bicyclic) bond motifs is 5. The first kappa shape index (κ1) is 19.9. The molecule has 2 atom stereocenters. The van der Waals surface area contributed by atoms with Crippen molar-refractivity contribution in [3.8, 4) is 22.8 Å². The fourth-order valence-corrected chi connectivity index (χ4v) is 6.47. The second-order valence-electron chi connectivity index (χ2n) is 10.1. The van der Waals surface area contributed by atoms with E-state index in [9.17, 15) is 0 Å². The molecule has 1 aromatic carbocycles. The van der Waals surface area contributed by atoms with Gasteiger partial charge in [0.1, 0.15) is 23.3 Å². The summed E-state index contributed by atoms with van der Waals surface area (Å²) >= 11 is 0. The molecule has 4 aromatic heterocycles. The van der Waals surface area contributed by atoms with Crippen LogP contribution in [-0.2, 0) is 6.42 Å². The maximum absolute atomic E-state index is 6.21. The topological polar surface area (TPSA) is 80.5 Å². The van der Waals surface area contributed by atoms with Crippen molar-refractivity contribution in [3.05, 3.63) is 60.8 Å². The van der Waals surface area contributed by atoms with Crippen LogP contribution in [0.5, 0.6) is 0 Å². The van der Waals surface area contributed by atoms with E-state index in [1.807, 2.05) is 30.6 Å². The largest absolute Gasteiger partial charge is 0.454 e. The summed E-state index contributed by atoms with van der Waals surface area (Å²) in [4.78, 5) is 21.9. The Kier molecular flexibility index (Phi) is 4.54. The number of aromatic amines is 1. The predicted molar refractivity (Wildman–Crippen MR) is 132 cm³/mol. The quantitative estimate of drug-likeness (QED) is 0.341. The number of furan rings is 1. The summed E-state index contributed by atoms with van der Waals surface area (Å²) in [5.74, 6) is 4.60. The number of hydrogen-bond donors (Lipinski definition) is 1. The highest BCUT2D eigenvalue weighted by molar-refractivity contribution is 5.91. The Labute approximate surface area is 197 Å². The lowest BCUT2D eigenvalue weighted by molar-refractivity contribution is 0.0339. The first-order valence-electron chi connectivity index (χ1n) is 12.4. The first-order chi connectivity index (χ1) is 16.7. The lowest BCUT2D eigenvalue weighted by atomic mass is 9.58. The van der Waals surface area contributed by atoms with Crippen molar-refractivity contribution in [3.63, 3.8) is 0 Å². The predicted octanol–water partition coefficient (Wildman–Crippen LogP) is 6.44. The van der Waals surface area contributed by atoms with Crippen LogP contribution in [0.1, 0.15) is 38.3 Å². The molecule has 3 saturated carbocycles. The van der Waals surface area contributed by atoms with Gasteiger partial charge in [-0.15, -0.1) is 0 Å². The van der Waals surface area contributed by atoms with Gasteiger partial charge in [-0.1, -0.05) is 25.1 Å². The van der Waals surface area contributed by atoms with Crippen molar-refractivity contribution in [1.82, 2.24) is 24.9 Å². The molecule has 0 unspecified atom stereocenters. The van der Waals surface area contributed by atoms with E-state index in [4.69, 9.17) is 14.4 Å².